The van der Waals surface area contributed by atoms with E-state index < -0.39 is 0 Å². The van der Waals surface area contributed by atoms with Gasteiger partial charge in [-0.15, -0.1) is 0 Å². The summed E-state index contributed by atoms with van der Waals surface area (Å²) in [6.45, 7) is 3.98. The number of anilines is 1. The number of ether oxygens (including phenoxy) is 1. The lowest BCUT2D eigenvalue weighted by Gasteiger charge is -2.09. The molecule has 2 aromatic heterocycles. The van der Waals surface area contributed by atoms with Crippen molar-refractivity contribution in [2.75, 3.05) is 5.48 Å². The fraction of sp³-hybridized carbons (Fsp3) is 0.200. The van der Waals surface area contributed by atoms with Gasteiger partial charge in [0, 0.05) is 17.1 Å². The maximum absolute atomic E-state index is 8.96. The van der Waals surface area contributed by atoms with Gasteiger partial charge in [-0.1, -0.05) is 0 Å². The van der Waals surface area contributed by atoms with Crippen LogP contribution in [0.5, 0.6) is 5.75 Å². The topological polar surface area (TPSA) is 83.1 Å². The van der Waals surface area contributed by atoms with Gasteiger partial charge in [0.05, 0.1) is 11.6 Å². The van der Waals surface area contributed by atoms with E-state index in [0.717, 1.165) is 27.9 Å². The van der Waals surface area contributed by atoms with Gasteiger partial charge >= 0.3 is 0 Å². The number of aromatic nitrogens is 3. The Balaban J connectivity index is 2.09. The summed E-state index contributed by atoms with van der Waals surface area (Å²) in [5.74, 6) is 1.17. The number of fused-ring (bicyclic) bond motifs is 1. The van der Waals surface area contributed by atoms with E-state index in [4.69, 9.17) is 9.94 Å². The van der Waals surface area contributed by atoms with Crippen LogP contribution in [-0.2, 0) is 0 Å². The Bertz CT molecular complexity index is 767. The van der Waals surface area contributed by atoms with Gasteiger partial charge in [-0.05, 0) is 44.2 Å². The Hall–Kier alpha value is -2.60. The lowest BCUT2D eigenvalue weighted by Crippen LogP contribution is -2.05. The molecule has 3 rings (SSSR count). The summed E-state index contributed by atoms with van der Waals surface area (Å²) in [4.78, 5) is 3.98. The average Bonchev–Trinajstić information content (AvgIpc) is 2.90. The molecule has 3 aromatic rings. The molecule has 0 fully saturated rings. The minimum Gasteiger partial charge on any atom is -0.491 e. The van der Waals surface area contributed by atoms with Gasteiger partial charge in [0.15, 0.2) is 0 Å². The highest BCUT2D eigenvalue weighted by Crippen LogP contribution is 2.30. The number of pyridine rings is 1. The molecule has 0 bridgehead atoms. The molecule has 0 aliphatic carbocycles. The molecule has 3 N–H and O–H groups in total. The van der Waals surface area contributed by atoms with Crippen LogP contribution in [0.2, 0.25) is 0 Å². The first kappa shape index (κ1) is 13.4. The molecule has 0 spiro atoms. The Kier molecular flexibility index (Phi) is 3.45. The van der Waals surface area contributed by atoms with Crippen LogP contribution in [0.3, 0.4) is 0 Å². The van der Waals surface area contributed by atoms with Crippen LogP contribution < -0.4 is 10.2 Å². The van der Waals surface area contributed by atoms with Crippen molar-refractivity contribution in [3.63, 3.8) is 0 Å². The number of hydrogen-bond acceptors (Lipinski definition) is 5. The molecule has 0 atom stereocenters. The molecule has 0 saturated carbocycles. The van der Waals surface area contributed by atoms with Crippen LogP contribution in [0.15, 0.2) is 36.5 Å². The Labute approximate surface area is 121 Å². The fourth-order valence-electron chi connectivity index (χ4n) is 2.20. The first-order valence-electron chi connectivity index (χ1n) is 6.68. The van der Waals surface area contributed by atoms with Crippen molar-refractivity contribution in [2.24, 2.45) is 0 Å². The van der Waals surface area contributed by atoms with Gasteiger partial charge in [0.2, 0.25) is 0 Å². The van der Waals surface area contributed by atoms with Crippen molar-refractivity contribution in [1.82, 2.24) is 15.2 Å². The lowest BCUT2D eigenvalue weighted by atomic mass is 10.1. The van der Waals surface area contributed by atoms with Gasteiger partial charge in [0.1, 0.15) is 17.3 Å². The Morgan fingerprint density at radius 3 is 2.86 bits per heavy atom. The Morgan fingerprint density at radius 1 is 1.24 bits per heavy atom. The standard InChI is InChI=1S/C15H16N4O2/c1-9(2)21-11-3-4-13-12(8-11)15(18-17-13)10-5-6-16-14(7-10)19-20/h3-9,20H,1-2H3,(H,16,19)(H,17,18). The van der Waals surface area contributed by atoms with E-state index in [1.165, 1.54) is 0 Å². The molecule has 0 unspecified atom stereocenters. The molecule has 0 aliphatic heterocycles. The van der Waals surface area contributed by atoms with Crippen LogP contribution in [-0.4, -0.2) is 26.5 Å². The van der Waals surface area contributed by atoms with Crippen LogP contribution >= 0.6 is 0 Å². The third-order valence-corrected chi connectivity index (χ3v) is 3.05. The number of H-pyrrole nitrogens is 1. The summed E-state index contributed by atoms with van der Waals surface area (Å²) >= 11 is 0. The van der Waals surface area contributed by atoms with Crippen LogP contribution in [0.1, 0.15) is 13.8 Å². The third kappa shape index (κ3) is 2.66. The highest BCUT2D eigenvalue weighted by Gasteiger charge is 2.10. The van der Waals surface area contributed by atoms with Crippen molar-refractivity contribution in [2.45, 2.75) is 20.0 Å². The number of nitrogens with zero attached hydrogens (tertiary/aromatic N) is 2. The smallest absolute Gasteiger partial charge is 0.150 e. The molecular weight excluding hydrogens is 268 g/mol. The average molecular weight is 284 g/mol. The molecule has 1 aromatic carbocycles. The van der Waals surface area contributed by atoms with Crippen LogP contribution in [0, 0.1) is 0 Å². The van der Waals surface area contributed by atoms with E-state index >= 15 is 0 Å². The second kappa shape index (κ2) is 5.41. The lowest BCUT2D eigenvalue weighted by molar-refractivity contribution is 0.243. The highest BCUT2D eigenvalue weighted by molar-refractivity contribution is 5.94. The normalized spacial score (nSPS) is 11.0. The zero-order valence-corrected chi connectivity index (χ0v) is 11.8. The molecule has 0 saturated heterocycles. The zero-order valence-electron chi connectivity index (χ0n) is 11.8. The number of nitrogens with one attached hydrogen (secondary N) is 2. The summed E-state index contributed by atoms with van der Waals surface area (Å²) < 4.78 is 5.72. The van der Waals surface area contributed by atoms with Crippen molar-refractivity contribution in [3.8, 4) is 17.0 Å². The van der Waals surface area contributed by atoms with Gasteiger partial charge in [-0.2, -0.15) is 5.10 Å². The molecule has 0 radical (unpaired) electrons. The number of benzene rings is 1. The third-order valence-electron chi connectivity index (χ3n) is 3.05. The molecular formula is C15H16N4O2. The predicted molar refractivity (Wildman–Crippen MR) is 80.5 cm³/mol. The molecule has 2 heterocycles. The highest BCUT2D eigenvalue weighted by atomic mass is 16.5. The molecule has 0 aliphatic rings. The minimum atomic E-state index is 0.115. The molecule has 0 amide bonds. The van der Waals surface area contributed by atoms with E-state index in [1.54, 1.807) is 12.3 Å². The number of rotatable bonds is 4. The Morgan fingerprint density at radius 2 is 2.10 bits per heavy atom. The largest absolute Gasteiger partial charge is 0.491 e. The first-order valence-corrected chi connectivity index (χ1v) is 6.68. The summed E-state index contributed by atoms with van der Waals surface area (Å²) in [6, 6.07) is 9.38. The van der Waals surface area contributed by atoms with Crippen molar-refractivity contribution in [1.29, 1.82) is 0 Å². The minimum absolute atomic E-state index is 0.115. The van der Waals surface area contributed by atoms with Crippen LogP contribution in [0.25, 0.3) is 22.2 Å². The van der Waals surface area contributed by atoms with Gasteiger partial charge < -0.3 is 4.74 Å². The quantitative estimate of drug-likeness (QED) is 0.641. The second-order valence-electron chi connectivity index (χ2n) is 4.99. The van der Waals surface area contributed by atoms with Crippen molar-refractivity contribution >= 4 is 16.7 Å². The molecule has 6 heteroatoms. The maximum Gasteiger partial charge on any atom is 0.150 e. The summed E-state index contributed by atoms with van der Waals surface area (Å²) in [6.07, 6.45) is 1.73. The number of aromatic amines is 1. The van der Waals surface area contributed by atoms with E-state index in [9.17, 15) is 0 Å². The van der Waals surface area contributed by atoms with Gasteiger partial charge in [-0.25, -0.2) is 4.98 Å². The molecule has 108 valence electrons. The fourth-order valence-corrected chi connectivity index (χ4v) is 2.20. The van der Waals surface area contributed by atoms with Gasteiger partial charge in [-0.3, -0.25) is 15.8 Å². The van der Waals surface area contributed by atoms with Crippen molar-refractivity contribution in [3.05, 3.63) is 36.5 Å². The zero-order chi connectivity index (χ0) is 14.8. The summed E-state index contributed by atoms with van der Waals surface area (Å²) in [5, 5.41) is 17.3. The first-order chi connectivity index (χ1) is 10.2. The van der Waals surface area contributed by atoms with Crippen LogP contribution in [0.4, 0.5) is 5.82 Å². The predicted octanol–water partition coefficient (Wildman–Crippen LogP) is 3.21. The SMILES string of the molecule is CC(C)Oc1ccc2[nH]nc(-c3ccnc(NO)c3)c2c1. The van der Waals surface area contributed by atoms with Gasteiger partial charge in [0.25, 0.3) is 0 Å². The van der Waals surface area contributed by atoms with E-state index in [-0.39, 0.29) is 6.10 Å². The second-order valence-corrected chi connectivity index (χ2v) is 4.99. The molecule has 6 nitrogen and oxygen atoms in total. The van der Waals surface area contributed by atoms with E-state index in [1.807, 2.05) is 43.6 Å². The summed E-state index contributed by atoms with van der Waals surface area (Å²) in [7, 11) is 0. The van der Waals surface area contributed by atoms with E-state index in [2.05, 4.69) is 15.2 Å². The maximum atomic E-state index is 8.96. The molecule has 21 heavy (non-hydrogen) atoms. The summed E-state index contributed by atoms with van der Waals surface area (Å²) in [5.41, 5.74) is 4.61. The van der Waals surface area contributed by atoms with E-state index in [0.29, 0.717) is 5.82 Å². The van der Waals surface area contributed by atoms with Crippen molar-refractivity contribution < 1.29 is 9.94 Å². The number of hydrogen-bond donors (Lipinski definition) is 3. The monoisotopic (exact) mass is 284 g/mol.